The first kappa shape index (κ1) is 13.8. The molecular formula is C11H11BrO4S2. The number of hydrogen-bond acceptors (Lipinski definition) is 4. The maximum atomic E-state index is 12.1. The summed E-state index contributed by atoms with van der Waals surface area (Å²) in [6.45, 7) is 0. The summed E-state index contributed by atoms with van der Waals surface area (Å²) in [5, 5.41) is -0.0430. The van der Waals surface area contributed by atoms with Gasteiger partial charge in [0.25, 0.3) is 0 Å². The van der Waals surface area contributed by atoms with Crippen LogP contribution in [0.25, 0.3) is 0 Å². The van der Waals surface area contributed by atoms with Crippen molar-refractivity contribution in [3.63, 3.8) is 0 Å². The molecular weight excluding hydrogens is 340 g/mol. The second-order valence-corrected chi connectivity index (χ2v) is 9.08. The Morgan fingerprint density at radius 3 is 2.44 bits per heavy atom. The minimum Gasteiger partial charge on any atom is -0.228 e. The molecule has 18 heavy (non-hydrogen) atoms. The molecule has 2 rings (SSSR count). The predicted molar refractivity (Wildman–Crippen MR) is 73.6 cm³/mol. The number of benzene rings is 1. The molecule has 4 nitrogen and oxygen atoms in total. The number of sulfone groups is 2. The second kappa shape index (κ2) is 4.79. The van der Waals surface area contributed by atoms with Crippen molar-refractivity contribution in [1.29, 1.82) is 0 Å². The van der Waals surface area contributed by atoms with Gasteiger partial charge in [-0.3, -0.25) is 0 Å². The Hall–Kier alpha value is -0.660. The van der Waals surface area contributed by atoms with Crippen LogP contribution in [-0.4, -0.2) is 28.3 Å². The molecule has 0 N–H and O–H groups in total. The zero-order chi connectivity index (χ0) is 13.4. The zero-order valence-electron chi connectivity index (χ0n) is 9.28. The molecule has 0 amide bonds. The highest BCUT2D eigenvalue weighted by Gasteiger charge is 2.33. The minimum atomic E-state index is -3.60. The first-order chi connectivity index (χ1) is 8.32. The van der Waals surface area contributed by atoms with Crippen LogP contribution < -0.4 is 0 Å². The topological polar surface area (TPSA) is 68.3 Å². The fourth-order valence-corrected chi connectivity index (χ4v) is 6.31. The van der Waals surface area contributed by atoms with Gasteiger partial charge in [0.1, 0.15) is 5.25 Å². The fraction of sp³-hybridized carbons (Fsp3) is 0.273. The Balaban J connectivity index is 2.60. The van der Waals surface area contributed by atoms with Gasteiger partial charge in [0.15, 0.2) is 19.7 Å². The lowest BCUT2D eigenvalue weighted by Crippen LogP contribution is -2.20. The summed E-state index contributed by atoms with van der Waals surface area (Å²) < 4.78 is 48.2. The Kier molecular flexibility index (Phi) is 3.66. The van der Waals surface area contributed by atoms with E-state index in [1.807, 2.05) is 0 Å². The van der Waals surface area contributed by atoms with Gasteiger partial charge < -0.3 is 0 Å². The standard InChI is InChI=1S/C11H11BrO4S2/c12-10-5-2-1-4-9(10)11-8-17(13,14)6-3-7-18(11,15)16/h1-5,7,11H,6,8H2. The van der Waals surface area contributed by atoms with Crippen LogP contribution in [-0.2, 0) is 19.7 Å². The first-order valence-corrected chi connectivity index (χ1v) is 9.39. The maximum absolute atomic E-state index is 12.1. The van der Waals surface area contributed by atoms with E-state index in [4.69, 9.17) is 0 Å². The molecule has 1 aliphatic heterocycles. The molecule has 0 saturated heterocycles. The van der Waals surface area contributed by atoms with E-state index in [9.17, 15) is 16.8 Å². The molecule has 1 heterocycles. The van der Waals surface area contributed by atoms with Crippen molar-refractivity contribution in [3.8, 4) is 0 Å². The van der Waals surface area contributed by atoms with Crippen LogP contribution in [0.3, 0.4) is 0 Å². The van der Waals surface area contributed by atoms with E-state index in [1.165, 1.54) is 6.08 Å². The van der Waals surface area contributed by atoms with Crippen molar-refractivity contribution in [2.24, 2.45) is 0 Å². The van der Waals surface area contributed by atoms with Crippen molar-refractivity contribution in [2.75, 3.05) is 11.5 Å². The summed E-state index contributed by atoms with van der Waals surface area (Å²) in [4.78, 5) is 0. The molecule has 98 valence electrons. The van der Waals surface area contributed by atoms with E-state index in [1.54, 1.807) is 24.3 Å². The Bertz CT molecular complexity index is 690. The molecule has 0 aromatic heterocycles. The Morgan fingerprint density at radius 1 is 1.11 bits per heavy atom. The minimum absolute atomic E-state index is 0.229. The third-order valence-corrected chi connectivity index (χ3v) is 6.95. The molecule has 0 fully saturated rings. The molecule has 7 heteroatoms. The van der Waals surface area contributed by atoms with E-state index in [0.29, 0.717) is 10.0 Å². The van der Waals surface area contributed by atoms with Crippen molar-refractivity contribution in [3.05, 3.63) is 45.8 Å². The lowest BCUT2D eigenvalue weighted by Gasteiger charge is -2.15. The van der Waals surface area contributed by atoms with Crippen molar-refractivity contribution in [1.82, 2.24) is 0 Å². The summed E-state index contributed by atoms with van der Waals surface area (Å²) in [5.41, 5.74) is 0.479. The van der Waals surface area contributed by atoms with Crippen molar-refractivity contribution >= 4 is 35.6 Å². The van der Waals surface area contributed by atoms with Gasteiger partial charge in [0.2, 0.25) is 0 Å². The third kappa shape index (κ3) is 2.84. The summed E-state index contributed by atoms with van der Waals surface area (Å²) in [6, 6.07) is 6.77. The number of halogens is 1. The van der Waals surface area contributed by atoms with Crippen molar-refractivity contribution < 1.29 is 16.8 Å². The average molecular weight is 351 g/mol. The Morgan fingerprint density at radius 2 is 1.78 bits per heavy atom. The molecule has 1 unspecified atom stereocenters. The van der Waals surface area contributed by atoms with Gasteiger partial charge in [-0.25, -0.2) is 16.8 Å². The molecule has 0 spiro atoms. The molecule has 1 aliphatic rings. The zero-order valence-corrected chi connectivity index (χ0v) is 12.5. The third-order valence-electron chi connectivity index (χ3n) is 2.69. The van der Waals surface area contributed by atoms with E-state index in [2.05, 4.69) is 15.9 Å². The quantitative estimate of drug-likeness (QED) is 0.774. The number of hydrogen-bond donors (Lipinski definition) is 0. The van der Waals surface area contributed by atoms with E-state index >= 15 is 0 Å². The first-order valence-electron chi connectivity index (χ1n) is 5.17. The van der Waals surface area contributed by atoms with Gasteiger partial charge in [0, 0.05) is 9.88 Å². The fourth-order valence-electron chi connectivity index (χ4n) is 1.81. The highest BCUT2D eigenvalue weighted by atomic mass is 79.9. The monoisotopic (exact) mass is 350 g/mol. The molecule has 0 aliphatic carbocycles. The van der Waals surface area contributed by atoms with Crippen LogP contribution in [0.1, 0.15) is 10.8 Å². The van der Waals surface area contributed by atoms with Gasteiger partial charge >= 0.3 is 0 Å². The van der Waals surface area contributed by atoms with Gasteiger partial charge in [-0.05, 0) is 11.6 Å². The van der Waals surface area contributed by atoms with Crippen LogP contribution in [0.2, 0.25) is 0 Å². The highest BCUT2D eigenvalue weighted by molar-refractivity contribution is 9.10. The van der Waals surface area contributed by atoms with E-state index in [0.717, 1.165) is 5.41 Å². The maximum Gasteiger partial charge on any atom is 0.179 e. The Labute approximate surface area is 115 Å². The van der Waals surface area contributed by atoms with Crippen LogP contribution >= 0.6 is 15.9 Å². The smallest absolute Gasteiger partial charge is 0.179 e. The normalized spacial score (nSPS) is 25.5. The van der Waals surface area contributed by atoms with E-state index in [-0.39, 0.29) is 11.5 Å². The highest BCUT2D eigenvalue weighted by Crippen LogP contribution is 2.32. The molecule has 1 atom stereocenters. The summed E-state index contributed by atoms with van der Waals surface area (Å²) in [5.74, 6) is -0.613. The van der Waals surface area contributed by atoms with Gasteiger partial charge in [-0.1, -0.05) is 40.2 Å². The molecule has 0 radical (unpaired) electrons. The summed E-state index contributed by atoms with van der Waals surface area (Å²) in [7, 11) is -6.99. The van der Waals surface area contributed by atoms with Crippen LogP contribution in [0.15, 0.2) is 40.2 Å². The predicted octanol–water partition coefficient (Wildman–Crippen LogP) is 1.85. The average Bonchev–Trinajstić information content (AvgIpc) is 2.36. The van der Waals surface area contributed by atoms with Crippen LogP contribution in [0.4, 0.5) is 0 Å². The van der Waals surface area contributed by atoms with Crippen LogP contribution in [0, 0.1) is 0 Å². The summed E-state index contributed by atoms with van der Waals surface area (Å²) in [6.07, 6.45) is 1.20. The SMILES string of the molecule is O=S1(=O)CC=CS(=O)(=O)C(c2ccccc2Br)C1. The molecule has 1 aromatic rings. The van der Waals surface area contributed by atoms with Gasteiger partial charge in [0.05, 0.1) is 11.5 Å². The van der Waals surface area contributed by atoms with Gasteiger partial charge in [-0.15, -0.1) is 0 Å². The molecule has 1 aromatic carbocycles. The lowest BCUT2D eigenvalue weighted by molar-refractivity contribution is 0.584. The van der Waals surface area contributed by atoms with Gasteiger partial charge in [-0.2, -0.15) is 0 Å². The van der Waals surface area contributed by atoms with E-state index < -0.39 is 24.9 Å². The summed E-state index contributed by atoms with van der Waals surface area (Å²) >= 11 is 3.26. The molecule has 0 bridgehead atoms. The van der Waals surface area contributed by atoms with Crippen molar-refractivity contribution in [2.45, 2.75) is 5.25 Å². The second-order valence-electron chi connectivity index (χ2n) is 4.05. The lowest BCUT2D eigenvalue weighted by atomic mass is 10.2. The number of rotatable bonds is 1. The largest absolute Gasteiger partial charge is 0.228 e. The molecule has 0 saturated carbocycles. The van der Waals surface area contributed by atoms with Crippen LogP contribution in [0.5, 0.6) is 0 Å².